The second kappa shape index (κ2) is 2.60. The van der Waals surface area contributed by atoms with Crippen molar-refractivity contribution >= 4 is 11.9 Å². The van der Waals surface area contributed by atoms with Crippen LogP contribution in [0.5, 0.6) is 0 Å². The Bertz CT molecular complexity index is 137. The fraction of sp³-hybridized carbons (Fsp3) is 0.250. The van der Waals surface area contributed by atoms with E-state index < -0.39 is 0 Å². The van der Waals surface area contributed by atoms with Gasteiger partial charge in [-0.05, 0) is 11.9 Å². The molecule has 0 unspecified atom stereocenters. The minimum absolute atomic E-state index is 0.406. The molecule has 0 saturated heterocycles. The van der Waals surface area contributed by atoms with Crippen LogP contribution in [-0.4, -0.2) is 11.6 Å². The summed E-state index contributed by atoms with van der Waals surface area (Å²) < 4.78 is 0. The van der Waals surface area contributed by atoms with Crippen LogP contribution in [0.1, 0.15) is 0 Å². The molecule has 0 spiro atoms. The number of hydrazine groups is 1. The molecule has 0 bridgehead atoms. The van der Waals surface area contributed by atoms with Gasteiger partial charge in [-0.25, -0.2) is 0 Å². The van der Waals surface area contributed by atoms with Crippen LogP contribution in [0, 0.1) is 11.3 Å². The van der Waals surface area contributed by atoms with Gasteiger partial charge < -0.3 is 0 Å². The molecule has 0 aliphatic carbocycles. The first-order chi connectivity index (χ1) is 3.93. The van der Waals surface area contributed by atoms with Crippen molar-refractivity contribution in [2.24, 2.45) is 0 Å². The number of nitriles is 1. The Labute approximate surface area is 52.1 Å². The molecule has 4 heteroatoms. The number of hydrogen-bond acceptors (Lipinski definition) is 4. The number of hydrogen-bond donors (Lipinski definition) is 1. The maximum absolute atomic E-state index is 8.15. The van der Waals surface area contributed by atoms with E-state index in [1.807, 2.05) is 17.7 Å². The van der Waals surface area contributed by atoms with Gasteiger partial charge in [-0.1, -0.05) is 0 Å². The first-order valence-electron chi connectivity index (χ1n) is 2.15. The van der Waals surface area contributed by atoms with Crippen molar-refractivity contribution in [1.82, 2.24) is 9.84 Å². The Balaban J connectivity index is 2.28. The van der Waals surface area contributed by atoms with Crippen LogP contribution in [0.25, 0.3) is 0 Å². The Morgan fingerprint density at radius 1 is 1.88 bits per heavy atom. The van der Waals surface area contributed by atoms with E-state index in [0.717, 1.165) is 0 Å². The second-order valence-corrected chi connectivity index (χ2v) is 1.97. The van der Waals surface area contributed by atoms with Crippen molar-refractivity contribution < 1.29 is 0 Å². The van der Waals surface area contributed by atoms with Crippen molar-refractivity contribution in [3.63, 3.8) is 0 Å². The molecule has 1 heterocycles. The van der Waals surface area contributed by atoms with Gasteiger partial charge in [0.25, 0.3) is 0 Å². The topological polar surface area (TPSA) is 39.1 Å². The van der Waals surface area contributed by atoms with Crippen LogP contribution in [0.2, 0.25) is 0 Å². The van der Waals surface area contributed by atoms with E-state index in [9.17, 15) is 0 Å². The lowest BCUT2D eigenvalue weighted by Gasteiger charge is -2.07. The molecule has 1 N–H and O–H groups in total. The standard InChI is InChI=1S/C4H5N3S/c5-1-2-7-3-4-8-6-7/h3-4,6H,2H2. The number of rotatable bonds is 1. The summed E-state index contributed by atoms with van der Waals surface area (Å²) in [6.07, 6.45) is 1.83. The first-order valence-corrected chi connectivity index (χ1v) is 3.03. The van der Waals surface area contributed by atoms with E-state index in [2.05, 4.69) is 4.83 Å². The Morgan fingerprint density at radius 2 is 2.75 bits per heavy atom. The molecule has 1 rings (SSSR count). The highest BCUT2D eigenvalue weighted by Crippen LogP contribution is 2.05. The normalized spacial score (nSPS) is 16.6. The van der Waals surface area contributed by atoms with Crippen LogP contribution in [0.4, 0.5) is 0 Å². The van der Waals surface area contributed by atoms with E-state index in [1.54, 1.807) is 5.01 Å². The molecule has 0 radical (unpaired) electrons. The van der Waals surface area contributed by atoms with Crippen molar-refractivity contribution in [2.45, 2.75) is 0 Å². The van der Waals surface area contributed by atoms with Gasteiger partial charge in [0.05, 0.1) is 6.07 Å². The second-order valence-electron chi connectivity index (χ2n) is 1.28. The highest BCUT2D eigenvalue weighted by atomic mass is 32.2. The predicted molar refractivity (Wildman–Crippen MR) is 32.2 cm³/mol. The van der Waals surface area contributed by atoms with Crippen molar-refractivity contribution in [3.05, 3.63) is 11.6 Å². The fourth-order valence-corrected chi connectivity index (χ4v) is 0.923. The molecule has 0 atom stereocenters. The predicted octanol–water partition coefficient (Wildman–Crippen LogP) is 0.450. The minimum atomic E-state index is 0.406. The maximum Gasteiger partial charge on any atom is 0.121 e. The Kier molecular flexibility index (Phi) is 1.78. The monoisotopic (exact) mass is 127 g/mol. The van der Waals surface area contributed by atoms with Gasteiger partial charge in [-0.2, -0.15) is 10.1 Å². The zero-order valence-corrected chi connectivity index (χ0v) is 4.98. The SMILES string of the molecule is N#CCN1C=CSN1. The third-order valence-electron chi connectivity index (χ3n) is 0.720. The quantitative estimate of drug-likeness (QED) is 0.410. The van der Waals surface area contributed by atoms with E-state index in [4.69, 9.17) is 5.26 Å². The average molecular weight is 127 g/mol. The lowest BCUT2D eigenvalue weighted by molar-refractivity contribution is 0.406. The highest BCUT2D eigenvalue weighted by Gasteiger charge is 1.99. The molecule has 0 saturated carbocycles. The molecule has 0 aromatic carbocycles. The summed E-state index contributed by atoms with van der Waals surface area (Å²) in [5.74, 6) is 0. The van der Waals surface area contributed by atoms with Crippen molar-refractivity contribution in [2.75, 3.05) is 6.54 Å². The van der Waals surface area contributed by atoms with Crippen molar-refractivity contribution in [3.8, 4) is 6.07 Å². The Morgan fingerprint density at radius 3 is 3.25 bits per heavy atom. The van der Waals surface area contributed by atoms with E-state index >= 15 is 0 Å². The van der Waals surface area contributed by atoms with Gasteiger partial charge in [0.15, 0.2) is 0 Å². The van der Waals surface area contributed by atoms with Gasteiger partial charge in [0.2, 0.25) is 0 Å². The van der Waals surface area contributed by atoms with Crippen LogP contribution < -0.4 is 4.83 Å². The molecule has 0 amide bonds. The summed E-state index contributed by atoms with van der Waals surface area (Å²) in [6.45, 7) is 0.406. The van der Waals surface area contributed by atoms with E-state index in [0.29, 0.717) is 6.54 Å². The molecule has 1 aliphatic heterocycles. The Hall–Kier alpha value is -0.660. The van der Waals surface area contributed by atoms with Crippen LogP contribution in [0.15, 0.2) is 11.6 Å². The molecular formula is C4H5N3S. The summed E-state index contributed by atoms with van der Waals surface area (Å²) in [5, 5.41) is 11.8. The summed E-state index contributed by atoms with van der Waals surface area (Å²) in [5.41, 5.74) is 0. The molecule has 0 fully saturated rings. The average Bonchev–Trinajstić information content (AvgIpc) is 2.19. The largest absolute Gasteiger partial charge is 0.291 e. The fourth-order valence-electron chi connectivity index (χ4n) is 0.394. The smallest absolute Gasteiger partial charge is 0.121 e. The molecule has 8 heavy (non-hydrogen) atoms. The molecule has 1 aliphatic rings. The molecule has 3 nitrogen and oxygen atoms in total. The summed E-state index contributed by atoms with van der Waals surface area (Å²) >= 11 is 1.47. The maximum atomic E-state index is 8.15. The van der Waals surface area contributed by atoms with Gasteiger partial charge in [0, 0.05) is 11.6 Å². The highest BCUT2D eigenvalue weighted by molar-refractivity contribution is 8.00. The first kappa shape index (κ1) is 5.48. The summed E-state index contributed by atoms with van der Waals surface area (Å²) in [6, 6.07) is 2.01. The van der Waals surface area contributed by atoms with Crippen LogP contribution in [0.3, 0.4) is 0 Å². The third-order valence-corrected chi connectivity index (χ3v) is 1.32. The zero-order valence-electron chi connectivity index (χ0n) is 4.16. The molecular weight excluding hydrogens is 122 g/mol. The van der Waals surface area contributed by atoms with Crippen molar-refractivity contribution in [1.29, 1.82) is 5.26 Å². The van der Waals surface area contributed by atoms with Gasteiger partial charge in [0.1, 0.15) is 6.54 Å². The summed E-state index contributed by atoms with van der Waals surface area (Å²) in [7, 11) is 0. The van der Waals surface area contributed by atoms with Gasteiger partial charge in [-0.15, -0.1) is 0 Å². The molecule has 42 valence electrons. The minimum Gasteiger partial charge on any atom is -0.291 e. The number of nitrogens with one attached hydrogen (secondary N) is 1. The number of nitrogens with zero attached hydrogens (tertiary/aromatic N) is 2. The third kappa shape index (κ3) is 1.15. The van der Waals surface area contributed by atoms with Gasteiger partial charge in [-0.3, -0.25) is 5.01 Å². The van der Waals surface area contributed by atoms with E-state index in [-0.39, 0.29) is 0 Å². The van der Waals surface area contributed by atoms with Gasteiger partial charge >= 0.3 is 0 Å². The summed E-state index contributed by atoms with van der Waals surface area (Å²) in [4.78, 5) is 2.87. The zero-order chi connectivity index (χ0) is 5.82. The lowest BCUT2D eigenvalue weighted by atomic mass is 10.7. The van der Waals surface area contributed by atoms with Crippen LogP contribution in [-0.2, 0) is 0 Å². The van der Waals surface area contributed by atoms with Crippen LogP contribution >= 0.6 is 11.9 Å². The molecule has 0 aromatic rings. The lowest BCUT2D eigenvalue weighted by Crippen LogP contribution is -2.23. The molecule has 0 aromatic heterocycles. The van der Waals surface area contributed by atoms with E-state index in [1.165, 1.54) is 11.9 Å².